The lowest BCUT2D eigenvalue weighted by molar-refractivity contribution is 0.211. The molecule has 108 valence electrons. The van der Waals surface area contributed by atoms with Crippen LogP contribution in [0.15, 0.2) is 18.3 Å². The van der Waals surface area contributed by atoms with Gasteiger partial charge in [-0.25, -0.2) is 10.8 Å². The predicted molar refractivity (Wildman–Crippen MR) is 80.7 cm³/mol. The minimum absolute atomic E-state index is 0.663. The lowest BCUT2D eigenvalue weighted by Gasteiger charge is -2.26. The van der Waals surface area contributed by atoms with Crippen LogP contribution in [0.1, 0.15) is 19.4 Å². The highest BCUT2D eigenvalue weighted by Gasteiger charge is 2.09. The first-order valence-electron chi connectivity index (χ1n) is 6.80. The van der Waals surface area contributed by atoms with E-state index in [0.29, 0.717) is 5.92 Å². The number of rotatable bonds is 8. The first-order chi connectivity index (χ1) is 9.01. The highest BCUT2D eigenvalue weighted by molar-refractivity contribution is 5.35. The SMILES string of the molecule is CC(C)CN(CCN(C)C)Cc1ccnc(NN)c1. The van der Waals surface area contributed by atoms with Gasteiger partial charge >= 0.3 is 0 Å². The first-order valence-corrected chi connectivity index (χ1v) is 6.80. The maximum atomic E-state index is 5.40. The van der Waals surface area contributed by atoms with Crippen molar-refractivity contribution in [3.63, 3.8) is 0 Å². The Kier molecular flexibility index (Phi) is 6.77. The summed E-state index contributed by atoms with van der Waals surface area (Å²) < 4.78 is 0. The summed E-state index contributed by atoms with van der Waals surface area (Å²) in [7, 11) is 4.22. The van der Waals surface area contributed by atoms with E-state index >= 15 is 0 Å². The predicted octanol–water partition coefficient (Wildman–Crippen LogP) is 1.39. The minimum Gasteiger partial charge on any atom is -0.308 e. The number of nitrogen functional groups attached to an aromatic ring is 1. The molecule has 1 heterocycles. The molecular weight excluding hydrogens is 238 g/mol. The van der Waals surface area contributed by atoms with Crippen LogP contribution in [-0.4, -0.2) is 48.5 Å². The highest BCUT2D eigenvalue weighted by Crippen LogP contribution is 2.10. The molecule has 1 aromatic heterocycles. The topological polar surface area (TPSA) is 57.4 Å². The van der Waals surface area contributed by atoms with Gasteiger partial charge < -0.3 is 10.3 Å². The number of nitrogens with one attached hydrogen (secondary N) is 1. The van der Waals surface area contributed by atoms with E-state index in [1.807, 2.05) is 12.1 Å². The van der Waals surface area contributed by atoms with Crippen molar-refractivity contribution in [3.8, 4) is 0 Å². The molecule has 0 unspecified atom stereocenters. The highest BCUT2D eigenvalue weighted by atomic mass is 15.2. The van der Waals surface area contributed by atoms with Crippen LogP contribution < -0.4 is 11.3 Å². The van der Waals surface area contributed by atoms with Crippen LogP contribution in [0.5, 0.6) is 0 Å². The average molecular weight is 265 g/mol. The molecule has 1 rings (SSSR count). The summed E-state index contributed by atoms with van der Waals surface area (Å²) in [5.41, 5.74) is 3.83. The van der Waals surface area contributed by atoms with Crippen molar-refractivity contribution in [3.05, 3.63) is 23.9 Å². The normalized spacial score (nSPS) is 11.6. The van der Waals surface area contributed by atoms with Crippen molar-refractivity contribution in [1.29, 1.82) is 0 Å². The average Bonchev–Trinajstić information content (AvgIpc) is 2.35. The fourth-order valence-corrected chi connectivity index (χ4v) is 2.00. The number of aromatic nitrogens is 1. The van der Waals surface area contributed by atoms with E-state index in [4.69, 9.17) is 5.84 Å². The summed E-state index contributed by atoms with van der Waals surface area (Å²) in [5.74, 6) is 6.78. The molecule has 1 aromatic rings. The van der Waals surface area contributed by atoms with Crippen molar-refractivity contribution in [2.75, 3.05) is 39.2 Å². The van der Waals surface area contributed by atoms with Crippen LogP contribution in [0.25, 0.3) is 0 Å². The van der Waals surface area contributed by atoms with E-state index < -0.39 is 0 Å². The van der Waals surface area contributed by atoms with Crippen molar-refractivity contribution in [2.45, 2.75) is 20.4 Å². The molecule has 0 aliphatic rings. The van der Waals surface area contributed by atoms with Crippen molar-refractivity contribution >= 4 is 5.82 Å². The molecule has 0 radical (unpaired) electrons. The van der Waals surface area contributed by atoms with E-state index in [1.54, 1.807) is 6.20 Å². The van der Waals surface area contributed by atoms with Gasteiger partial charge in [0.2, 0.25) is 0 Å². The Morgan fingerprint density at radius 3 is 2.63 bits per heavy atom. The van der Waals surface area contributed by atoms with E-state index in [2.05, 4.69) is 48.2 Å². The van der Waals surface area contributed by atoms with Gasteiger partial charge in [-0.15, -0.1) is 0 Å². The van der Waals surface area contributed by atoms with Crippen molar-refractivity contribution < 1.29 is 0 Å². The molecule has 0 saturated carbocycles. The smallest absolute Gasteiger partial charge is 0.140 e. The zero-order valence-corrected chi connectivity index (χ0v) is 12.6. The molecule has 0 aromatic carbocycles. The number of nitrogens with zero attached hydrogens (tertiary/aromatic N) is 3. The van der Waals surface area contributed by atoms with Gasteiger partial charge in [0.15, 0.2) is 0 Å². The molecule has 0 spiro atoms. The molecule has 5 nitrogen and oxygen atoms in total. The number of hydrogen-bond donors (Lipinski definition) is 2. The molecule has 0 atom stereocenters. The molecule has 19 heavy (non-hydrogen) atoms. The number of hydrogen-bond acceptors (Lipinski definition) is 5. The van der Waals surface area contributed by atoms with Gasteiger partial charge in [0.05, 0.1) is 0 Å². The Morgan fingerprint density at radius 2 is 2.05 bits per heavy atom. The fourth-order valence-electron chi connectivity index (χ4n) is 2.00. The lowest BCUT2D eigenvalue weighted by atomic mass is 10.1. The summed E-state index contributed by atoms with van der Waals surface area (Å²) in [6.07, 6.45) is 1.80. The Labute approximate surface area is 116 Å². The summed E-state index contributed by atoms with van der Waals surface area (Å²) in [6.45, 7) is 8.67. The molecule has 0 amide bonds. The zero-order valence-electron chi connectivity index (χ0n) is 12.6. The van der Waals surface area contributed by atoms with Gasteiger partial charge in [-0.3, -0.25) is 4.90 Å². The summed E-state index contributed by atoms with van der Waals surface area (Å²) in [4.78, 5) is 8.83. The zero-order chi connectivity index (χ0) is 14.3. The van der Waals surface area contributed by atoms with E-state index in [9.17, 15) is 0 Å². The van der Waals surface area contributed by atoms with Crippen LogP contribution in [0.3, 0.4) is 0 Å². The third kappa shape index (κ3) is 6.52. The van der Waals surface area contributed by atoms with Crippen LogP contribution in [0.4, 0.5) is 5.82 Å². The largest absolute Gasteiger partial charge is 0.308 e. The lowest BCUT2D eigenvalue weighted by Crippen LogP contribution is -2.34. The Balaban J connectivity index is 2.63. The number of pyridine rings is 1. The third-order valence-corrected chi connectivity index (χ3v) is 2.87. The molecule has 0 aliphatic heterocycles. The molecular formula is C14H27N5. The second-order valence-electron chi connectivity index (χ2n) is 5.63. The monoisotopic (exact) mass is 265 g/mol. The third-order valence-electron chi connectivity index (χ3n) is 2.87. The number of nitrogens with two attached hydrogens (primary N) is 1. The summed E-state index contributed by atoms with van der Waals surface area (Å²) >= 11 is 0. The van der Waals surface area contributed by atoms with E-state index in [-0.39, 0.29) is 0 Å². The van der Waals surface area contributed by atoms with Crippen LogP contribution in [0, 0.1) is 5.92 Å². The molecule has 3 N–H and O–H groups in total. The summed E-state index contributed by atoms with van der Waals surface area (Å²) in [6, 6.07) is 4.05. The van der Waals surface area contributed by atoms with Crippen LogP contribution in [-0.2, 0) is 6.54 Å². The van der Waals surface area contributed by atoms with E-state index in [1.165, 1.54) is 5.56 Å². The first kappa shape index (κ1) is 15.9. The Morgan fingerprint density at radius 1 is 1.32 bits per heavy atom. The van der Waals surface area contributed by atoms with Crippen molar-refractivity contribution in [2.24, 2.45) is 11.8 Å². The molecule has 0 aliphatic carbocycles. The van der Waals surface area contributed by atoms with Gasteiger partial charge in [0.25, 0.3) is 0 Å². The van der Waals surface area contributed by atoms with Gasteiger partial charge in [-0.1, -0.05) is 13.8 Å². The van der Waals surface area contributed by atoms with Crippen LogP contribution >= 0.6 is 0 Å². The number of anilines is 1. The number of hydrazine groups is 1. The second kappa shape index (κ2) is 8.09. The second-order valence-corrected chi connectivity index (χ2v) is 5.63. The summed E-state index contributed by atoms with van der Waals surface area (Å²) in [5, 5.41) is 0. The van der Waals surface area contributed by atoms with Gasteiger partial charge in [0, 0.05) is 32.4 Å². The van der Waals surface area contributed by atoms with Gasteiger partial charge in [0.1, 0.15) is 5.82 Å². The Bertz CT molecular complexity index is 365. The fraction of sp³-hybridized carbons (Fsp3) is 0.643. The quantitative estimate of drug-likeness (QED) is 0.549. The Hall–Kier alpha value is -1.17. The molecule has 0 bridgehead atoms. The van der Waals surface area contributed by atoms with Gasteiger partial charge in [-0.05, 0) is 37.7 Å². The number of likely N-dealkylation sites (N-methyl/N-ethyl adjacent to an activating group) is 1. The van der Waals surface area contributed by atoms with Crippen LogP contribution in [0.2, 0.25) is 0 Å². The van der Waals surface area contributed by atoms with Crippen molar-refractivity contribution in [1.82, 2.24) is 14.8 Å². The van der Waals surface area contributed by atoms with E-state index in [0.717, 1.165) is 32.0 Å². The molecule has 0 fully saturated rings. The minimum atomic E-state index is 0.663. The molecule has 0 saturated heterocycles. The maximum Gasteiger partial charge on any atom is 0.140 e. The molecule has 5 heteroatoms. The maximum absolute atomic E-state index is 5.40. The standard InChI is InChI=1S/C14H27N5/c1-12(2)10-19(8-7-18(3)4)11-13-5-6-16-14(9-13)17-15/h5-6,9,12H,7-8,10-11,15H2,1-4H3,(H,16,17). The van der Waals surface area contributed by atoms with Gasteiger partial charge in [-0.2, -0.15) is 0 Å².